The molecule has 17 heavy (non-hydrogen) atoms. The minimum atomic E-state index is 0.282. The van der Waals surface area contributed by atoms with Crippen molar-refractivity contribution in [3.05, 3.63) is 11.8 Å². The second kappa shape index (κ2) is 7.81. The summed E-state index contributed by atoms with van der Waals surface area (Å²) in [6, 6.07) is 0. The van der Waals surface area contributed by atoms with Gasteiger partial charge in [0.2, 0.25) is 5.95 Å². The fourth-order valence-electron chi connectivity index (χ4n) is 1.49. The van der Waals surface area contributed by atoms with E-state index in [1.807, 2.05) is 6.92 Å². The fourth-order valence-corrected chi connectivity index (χ4v) is 1.49. The van der Waals surface area contributed by atoms with Crippen LogP contribution in [0, 0.1) is 6.92 Å². The molecule has 0 amide bonds. The van der Waals surface area contributed by atoms with Crippen molar-refractivity contribution in [2.75, 3.05) is 23.9 Å². The van der Waals surface area contributed by atoms with Gasteiger partial charge in [-0.2, -0.15) is 4.98 Å². The Morgan fingerprint density at radius 1 is 1.29 bits per heavy atom. The van der Waals surface area contributed by atoms with Crippen molar-refractivity contribution < 1.29 is 5.11 Å². The Bertz CT molecular complexity index is 332. The minimum absolute atomic E-state index is 0.282. The number of nitrogens with two attached hydrogens (primary N) is 1. The van der Waals surface area contributed by atoms with Crippen LogP contribution in [-0.2, 0) is 0 Å². The van der Waals surface area contributed by atoms with Crippen molar-refractivity contribution in [1.82, 2.24) is 9.97 Å². The van der Waals surface area contributed by atoms with Crippen LogP contribution in [-0.4, -0.2) is 28.2 Å². The monoisotopic (exact) mass is 239 g/mol. The number of hydrogen-bond acceptors (Lipinski definition) is 6. The van der Waals surface area contributed by atoms with Gasteiger partial charge in [-0.05, 0) is 19.8 Å². The Labute approximate surface area is 102 Å². The highest BCUT2D eigenvalue weighted by molar-refractivity contribution is 5.45. The lowest BCUT2D eigenvalue weighted by atomic mass is 10.2. The number of rotatable bonds is 8. The molecule has 0 saturated carbocycles. The molecular formula is C11H21N5O. The van der Waals surface area contributed by atoms with Crippen LogP contribution in [0.1, 0.15) is 31.2 Å². The predicted octanol–water partition coefficient (Wildman–Crippen LogP) is 1.04. The Morgan fingerprint density at radius 2 is 2.06 bits per heavy atom. The maximum absolute atomic E-state index is 8.64. The highest BCUT2D eigenvalue weighted by Crippen LogP contribution is 2.12. The van der Waals surface area contributed by atoms with Crippen LogP contribution >= 0.6 is 0 Å². The van der Waals surface area contributed by atoms with Gasteiger partial charge in [0.05, 0.1) is 0 Å². The zero-order valence-corrected chi connectivity index (χ0v) is 10.2. The molecule has 0 saturated heterocycles. The topological polar surface area (TPSA) is 96.1 Å². The van der Waals surface area contributed by atoms with Gasteiger partial charge >= 0.3 is 0 Å². The second-order valence-electron chi connectivity index (χ2n) is 3.93. The molecule has 1 rings (SSSR count). The number of hydrogen-bond donors (Lipinski definition) is 4. The van der Waals surface area contributed by atoms with Crippen molar-refractivity contribution in [3.8, 4) is 0 Å². The van der Waals surface area contributed by atoms with Gasteiger partial charge in [0.1, 0.15) is 5.82 Å². The molecule has 6 nitrogen and oxygen atoms in total. The number of nitrogens with zero attached hydrogens (tertiary/aromatic N) is 2. The first kappa shape index (κ1) is 13.7. The van der Waals surface area contributed by atoms with E-state index in [1.54, 1.807) is 6.20 Å². The van der Waals surface area contributed by atoms with Gasteiger partial charge in [0.15, 0.2) is 0 Å². The normalized spacial score (nSPS) is 10.3. The minimum Gasteiger partial charge on any atom is -0.396 e. The third-order valence-corrected chi connectivity index (χ3v) is 2.48. The number of nitrogens with one attached hydrogen (secondary N) is 2. The van der Waals surface area contributed by atoms with Gasteiger partial charge < -0.3 is 10.4 Å². The average Bonchev–Trinajstić information content (AvgIpc) is 2.35. The van der Waals surface area contributed by atoms with Crippen LogP contribution < -0.4 is 16.6 Å². The fraction of sp³-hybridized carbons (Fsp3) is 0.636. The summed E-state index contributed by atoms with van der Waals surface area (Å²) in [5.41, 5.74) is 3.42. The SMILES string of the molecule is Cc1cnc(NN)nc1NCCCCCCO. The molecule has 1 aromatic rings. The molecule has 96 valence electrons. The number of nitrogen functional groups attached to an aromatic ring is 1. The molecule has 6 heteroatoms. The number of aromatic nitrogens is 2. The molecule has 0 fully saturated rings. The van der Waals surface area contributed by atoms with Crippen LogP contribution in [0.4, 0.5) is 11.8 Å². The van der Waals surface area contributed by atoms with Gasteiger partial charge in [0, 0.05) is 24.9 Å². The molecule has 5 N–H and O–H groups in total. The van der Waals surface area contributed by atoms with Crippen LogP contribution in [0.15, 0.2) is 6.20 Å². The van der Waals surface area contributed by atoms with Crippen LogP contribution in [0.3, 0.4) is 0 Å². The first-order valence-electron chi connectivity index (χ1n) is 5.93. The molecule has 0 radical (unpaired) electrons. The van der Waals surface area contributed by atoms with E-state index in [0.29, 0.717) is 5.95 Å². The zero-order valence-electron chi connectivity index (χ0n) is 10.2. The van der Waals surface area contributed by atoms with Crippen LogP contribution in [0.2, 0.25) is 0 Å². The van der Waals surface area contributed by atoms with Gasteiger partial charge in [0.25, 0.3) is 0 Å². The molecule has 0 unspecified atom stereocenters. The first-order valence-corrected chi connectivity index (χ1v) is 5.93. The molecule has 0 aliphatic carbocycles. The van der Waals surface area contributed by atoms with E-state index >= 15 is 0 Å². The Balaban J connectivity index is 2.30. The van der Waals surface area contributed by atoms with E-state index in [4.69, 9.17) is 10.9 Å². The Hall–Kier alpha value is -1.40. The molecule has 0 spiro atoms. The van der Waals surface area contributed by atoms with Crippen molar-refractivity contribution in [2.24, 2.45) is 5.84 Å². The summed E-state index contributed by atoms with van der Waals surface area (Å²) >= 11 is 0. The van der Waals surface area contributed by atoms with E-state index in [2.05, 4.69) is 20.7 Å². The first-order chi connectivity index (χ1) is 8.27. The van der Waals surface area contributed by atoms with Crippen LogP contribution in [0.5, 0.6) is 0 Å². The number of aryl methyl sites for hydroxylation is 1. The number of aliphatic hydroxyl groups is 1. The molecular weight excluding hydrogens is 218 g/mol. The van der Waals surface area contributed by atoms with E-state index < -0.39 is 0 Å². The van der Waals surface area contributed by atoms with E-state index in [9.17, 15) is 0 Å². The van der Waals surface area contributed by atoms with Gasteiger partial charge in [-0.25, -0.2) is 10.8 Å². The van der Waals surface area contributed by atoms with Crippen molar-refractivity contribution in [3.63, 3.8) is 0 Å². The molecule has 0 atom stereocenters. The Morgan fingerprint density at radius 3 is 2.76 bits per heavy atom. The lowest BCUT2D eigenvalue weighted by Crippen LogP contribution is -2.13. The van der Waals surface area contributed by atoms with Gasteiger partial charge in [-0.15, -0.1) is 0 Å². The summed E-state index contributed by atoms with van der Waals surface area (Å²) in [6.45, 7) is 3.10. The summed E-state index contributed by atoms with van der Waals surface area (Å²) in [6.07, 6.45) is 5.86. The highest BCUT2D eigenvalue weighted by Gasteiger charge is 2.01. The van der Waals surface area contributed by atoms with Crippen LogP contribution in [0.25, 0.3) is 0 Å². The van der Waals surface area contributed by atoms with Gasteiger partial charge in [-0.1, -0.05) is 12.8 Å². The molecule has 0 aromatic carbocycles. The number of unbranched alkanes of at least 4 members (excludes halogenated alkanes) is 3. The van der Waals surface area contributed by atoms with E-state index in [-0.39, 0.29) is 6.61 Å². The molecule has 0 bridgehead atoms. The standard InChI is InChI=1S/C11H21N5O/c1-9-8-14-11(16-12)15-10(9)13-6-4-2-3-5-7-17/h8,17H,2-7,12H2,1H3,(H2,13,14,15,16). The summed E-state index contributed by atoms with van der Waals surface area (Å²) in [5.74, 6) is 6.48. The van der Waals surface area contributed by atoms with E-state index in [0.717, 1.165) is 43.6 Å². The molecule has 0 aliphatic heterocycles. The number of aliphatic hydroxyl groups excluding tert-OH is 1. The summed E-state index contributed by atoms with van der Waals surface area (Å²) in [5, 5.41) is 11.9. The lowest BCUT2D eigenvalue weighted by Gasteiger charge is -2.09. The average molecular weight is 239 g/mol. The summed E-state index contributed by atoms with van der Waals surface area (Å²) in [4.78, 5) is 8.24. The summed E-state index contributed by atoms with van der Waals surface area (Å²) in [7, 11) is 0. The number of anilines is 2. The quantitative estimate of drug-likeness (QED) is 0.307. The molecule has 0 aliphatic rings. The van der Waals surface area contributed by atoms with Gasteiger partial charge in [-0.3, -0.25) is 5.43 Å². The van der Waals surface area contributed by atoms with Crippen molar-refractivity contribution in [2.45, 2.75) is 32.6 Å². The van der Waals surface area contributed by atoms with Crippen molar-refractivity contribution >= 4 is 11.8 Å². The molecule has 1 aromatic heterocycles. The maximum Gasteiger partial charge on any atom is 0.239 e. The third-order valence-electron chi connectivity index (χ3n) is 2.48. The zero-order chi connectivity index (χ0) is 12.5. The lowest BCUT2D eigenvalue weighted by molar-refractivity contribution is 0.283. The second-order valence-corrected chi connectivity index (χ2v) is 3.93. The smallest absolute Gasteiger partial charge is 0.239 e. The number of hydrazine groups is 1. The third kappa shape index (κ3) is 4.97. The maximum atomic E-state index is 8.64. The molecule has 1 heterocycles. The summed E-state index contributed by atoms with van der Waals surface area (Å²) < 4.78 is 0. The van der Waals surface area contributed by atoms with Crippen molar-refractivity contribution in [1.29, 1.82) is 0 Å². The predicted molar refractivity (Wildman–Crippen MR) is 68.6 cm³/mol. The highest BCUT2D eigenvalue weighted by atomic mass is 16.2. The Kier molecular flexibility index (Phi) is 6.27. The van der Waals surface area contributed by atoms with E-state index in [1.165, 1.54) is 0 Å². The largest absolute Gasteiger partial charge is 0.396 e.